The van der Waals surface area contributed by atoms with Crippen molar-refractivity contribution in [3.8, 4) is 22.8 Å². The maximum Gasteiger partial charge on any atom is 0.306 e. The molecule has 4 rings (SSSR count). The lowest BCUT2D eigenvalue weighted by atomic mass is 10.0. The molecule has 0 spiro atoms. The first-order valence-corrected chi connectivity index (χ1v) is 13.4. The van der Waals surface area contributed by atoms with Crippen LogP contribution in [-0.4, -0.2) is 51.2 Å². The normalized spacial score (nSPS) is 11.4. The molecule has 4 aromatic rings. The average Bonchev–Trinajstić information content (AvgIpc) is 3.33. The van der Waals surface area contributed by atoms with Gasteiger partial charge in [-0.05, 0) is 76.4 Å². The van der Waals surface area contributed by atoms with E-state index < -0.39 is 5.60 Å². The van der Waals surface area contributed by atoms with Crippen LogP contribution in [0.25, 0.3) is 22.3 Å². The number of aryl methyl sites for hydroxylation is 2. The Morgan fingerprint density at radius 2 is 1.82 bits per heavy atom. The predicted molar refractivity (Wildman–Crippen MR) is 153 cm³/mol. The van der Waals surface area contributed by atoms with E-state index in [4.69, 9.17) is 19.2 Å². The Morgan fingerprint density at radius 1 is 1.05 bits per heavy atom. The number of methoxy groups -OCH3 is 1. The summed E-state index contributed by atoms with van der Waals surface area (Å²) in [5.74, 6) is 0.641. The van der Waals surface area contributed by atoms with E-state index >= 15 is 0 Å². The van der Waals surface area contributed by atoms with Gasteiger partial charge in [0.25, 0.3) is 0 Å². The number of carbonyl (C=O) groups excluding carboxylic acids is 2. The van der Waals surface area contributed by atoms with E-state index in [2.05, 4.69) is 22.1 Å². The molecule has 9 heteroatoms. The zero-order valence-electron chi connectivity index (χ0n) is 24.0. The van der Waals surface area contributed by atoms with Gasteiger partial charge in [0.15, 0.2) is 11.4 Å². The highest BCUT2D eigenvalue weighted by molar-refractivity contribution is 5.98. The van der Waals surface area contributed by atoms with Crippen molar-refractivity contribution in [2.75, 3.05) is 13.7 Å². The Balaban J connectivity index is 1.46. The molecule has 0 aliphatic rings. The predicted octanol–water partition coefficient (Wildman–Crippen LogP) is 5.83. The first-order valence-electron chi connectivity index (χ1n) is 13.4. The van der Waals surface area contributed by atoms with Crippen LogP contribution in [0.15, 0.2) is 42.6 Å². The smallest absolute Gasteiger partial charge is 0.306 e. The Hall–Kier alpha value is -4.27. The van der Waals surface area contributed by atoms with Crippen molar-refractivity contribution < 1.29 is 23.8 Å². The number of aromatic nitrogens is 4. The molecule has 0 fully saturated rings. The Labute approximate surface area is 234 Å². The van der Waals surface area contributed by atoms with Crippen LogP contribution in [0.1, 0.15) is 67.8 Å². The molecule has 3 aromatic heterocycles. The summed E-state index contributed by atoms with van der Waals surface area (Å²) < 4.78 is 16.6. The van der Waals surface area contributed by atoms with Crippen molar-refractivity contribution in [3.63, 3.8) is 0 Å². The number of esters is 1. The van der Waals surface area contributed by atoms with Crippen LogP contribution in [-0.2, 0) is 22.4 Å². The van der Waals surface area contributed by atoms with Crippen LogP contribution in [0, 0.1) is 6.92 Å². The number of aromatic amines is 1. The van der Waals surface area contributed by atoms with Gasteiger partial charge in [0.05, 0.1) is 19.4 Å². The summed E-state index contributed by atoms with van der Waals surface area (Å²) in [6.45, 7) is 9.80. The van der Waals surface area contributed by atoms with Crippen molar-refractivity contribution in [1.82, 2.24) is 20.2 Å². The molecule has 0 atom stereocenters. The number of H-pyrrole nitrogens is 1. The minimum atomic E-state index is -0.518. The summed E-state index contributed by atoms with van der Waals surface area (Å²) in [4.78, 5) is 34.5. The molecule has 9 nitrogen and oxygen atoms in total. The number of benzene rings is 1. The fourth-order valence-corrected chi connectivity index (χ4v) is 4.32. The summed E-state index contributed by atoms with van der Waals surface area (Å²) in [7, 11) is 1.54. The van der Waals surface area contributed by atoms with E-state index in [-0.39, 0.29) is 24.6 Å². The topological polar surface area (TPSA) is 116 Å². The summed E-state index contributed by atoms with van der Waals surface area (Å²) in [5, 5.41) is 8.38. The second-order valence-electron chi connectivity index (χ2n) is 10.6. The van der Waals surface area contributed by atoms with Crippen LogP contribution in [0.2, 0.25) is 0 Å². The van der Waals surface area contributed by atoms with E-state index in [0.29, 0.717) is 35.7 Å². The van der Waals surface area contributed by atoms with Gasteiger partial charge in [0, 0.05) is 53.0 Å². The fourth-order valence-electron chi connectivity index (χ4n) is 4.32. The van der Waals surface area contributed by atoms with E-state index in [9.17, 15) is 9.59 Å². The molecular formula is C31H36N4O5. The van der Waals surface area contributed by atoms with Crippen molar-refractivity contribution in [2.45, 2.75) is 65.9 Å². The van der Waals surface area contributed by atoms with Crippen molar-refractivity contribution >= 4 is 22.8 Å². The zero-order valence-corrected chi connectivity index (χ0v) is 24.0. The molecular weight excluding hydrogens is 508 g/mol. The second kappa shape index (κ2) is 12.3. The molecule has 1 N–H and O–H groups in total. The molecule has 0 bridgehead atoms. The number of nitrogens with one attached hydrogen (secondary N) is 1. The molecule has 0 unspecified atom stereocenters. The third-order valence-electron chi connectivity index (χ3n) is 6.29. The van der Waals surface area contributed by atoms with Crippen LogP contribution in [0.3, 0.4) is 0 Å². The van der Waals surface area contributed by atoms with E-state index in [1.807, 2.05) is 45.9 Å². The lowest BCUT2D eigenvalue weighted by molar-refractivity contribution is -0.155. The number of Topliss-reactive ketones (excluding diaryl/α,β-unsaturated/α-hetero) is 1. The summed E-state index contributed by atoms with van der Waals surface area (Å²) in [5.41, 5.74) is 4.85. The molecule has 0 radical (unpaired) electrons. The van der Waals surface area contributed by atoms with Crippen LogP contribution in [0.4, 0.5) is 0 Å². The highest BCUT2D eigenvalue weighted by Crippen LogP contribution is 2.27. The number of hydrogen-bond acceptors (Lipinski definition) is 8. The number of nitrogens with zero attached hydrogens (tertiary/aromatic N) is 3. The molecule has 0 saturated heterocycles. The molecule has 0 amide bonds. The standard InChI is InChI=1S/C31H36N4O5/c1-7-26-24-10-11-27(33-30(24)35-34-26)25-13-20(18-32-19(25)2)14-28(36)21-15-22(38-6)17-23(16-21)39-12-8-9-29(37)40-31(3,4)5/h10-11,13,15-18H,7-9,12,14H2,1-6H3,(H,33,34,35). The first kappa shape index (κ1) is 28.7. The monoisotopic (exact) mass is 544 g/mol. The highest BCUT2D eigenvalue weighted by Gasteiger charge is 2.17. The Kier molecular flexibility index (Phi) is 8.82. The highest BCUT2D eigenvalue weighted by atomic mass is 16.6. The van der Waals surface area contributed by atoms with Gasteiger partial charge in [-0.2, -0.15) is 5.10 Å². The minimum Gasteiger partial charge on any atom is -0.497 e. The minimum absolute atomic E-state index is 0.0996. The Bertz CT molecular complexity index is 1520. The molecule has 0 aliphatic heterocycles. The molecule has 210 valence electrons. The van der Waals surface area contributed by atoms with E-state index in [1.165, 1.54) is 0 Å². The van der Waals surface area contributed by atoms with Crippen molar-refractivity contribution in [3.05, 3.63) is 65.1 Å². The van der Waals surface area contributed by atoms with Gasteiger partial charge in [-0.15, -0.1) is 0 Å². The van der Waals surface area contributed by atoms with Crippen molar-refractivity contribution in [1.29, 1.82) is 0 Å². The largest absolute Gasteiger partial charge is 0.497 e. The summed E-state index contributed by atoms with van der Waals surface area (Å²) >= 11 is 0. The maximum atomic E-state index is 13.3. The third kappa shape index (κ3) is 7.22. The average molecular weight is 545 g/mol. The molecule has 0 saturated carbocycles. The van der Waals surface area contributed by atoms with Crippen LogP contribution < -0.4 is 9.47 Å². The van der Waals surface area contributed by atoms with Gasteiger partial charge in [0.1, 0.15) is 17.1 Å². The zero-order chi connectivity index (χ0) is 28.9. The first-order chi connectivity index (χ1) is 19.1. The maximum absolute atomic E-state index is 13.3. The Morgan fingerprint density at radius 3 is 2.55 bits per heavy atom. The number of pyridine rings is 2. The van der Waals surface area contributed by atoms with Crippen molar-refractivity contribution in [2.24, 2.45) is 0 Å². The van der Waals surface area contributed by atoms with Gasteiger partial charge in [-0.1, -0.05) is 6.92 Å². The number of hydrogen-bond donors (Lipinski definition) is 1. The van der Waals surface area contributed by atoms with Gasteiger partial charge in [0.2, 0.25) is 0 Å². The number of carbonyl (C=O) groups is 2. The number of rotatable bonds is 11. The van der Waals surface area contributed by atoms with Gasteiger partial charge in [-0.25, -0.2) is 4.98 Å². The molecule has 1 aromatic carbocycles. The summed E-state index contributed by atoms with van der Waals surface area (Å²) in [6.07, 6.45) is 3.45. The molecule has 3 heterocycles. The van der Waals surface area contributed by atoms with Gasteiger partial charge >= 0.3 is 5.97 Å². The lowest BCUT2D eigenvalue weighted by Gasteiger charge is -2.19. The third-order valence-corrected chi connectivity index (χ3v) is 6.29. The SMILES string of the molecule is CCc1[nH]nc2nc(-c3cc(CC(=O)c4cc(OC)cc(OCCCC(=O)OC(C)(C)C)c4)cnc3C)ccc12. The fraction of sp³-hybridized carbons (Fsp3) is 0.387. The van der Waals surface area contributed by atoms with E-state index in [1.54, 1.807) is 31.5 Å². The second-order valence-corrected chi connectivity index (χ2v) is 10.6. The molecule has 40 heavy (non-hydrogen) atoms. The molecule has 0 aliphatic carbocycles. The van der Waals surface area contributed by atoms with Crippen LogP contribution >= 0.6 is 0 Å². The number of ketones is 1. The number of fused-ring (bicyclic) bond motifs is 1. The number of ether oxygens (including phenoxy) is 3. The van der Waals surface area contributed by atoms with Gasteiger partial charge < -0.3 is 14.2 Å². The quantitative estimate of drug-likeness (QED) is 0.143. The van der Waals surface area contributed by atoms with Crippen LogP contribution in [0.5, 0.6) is 11.5 Å². The van der Waals surface area contributed by atoms with E-state index in [0.717, 1.165) is 40.0 Å². The summed E-state index contributed by atoms with van der Waals surface area (Å²) in [6, 6.07) is 11.0. The van der Waals surface area contributed by atoms with Gasteiger partial charge in [-0.3, -0.25) is 19.7 Å². The lowest BCUT2D eigenvalue weighted by Crippen LogP contribution is -2.23.